The second kappa shape index (κ2) is 1.87. The Morgan fingerprint density at radius 3 is 1.67 bits per heavy atom. The Hall–Kier alpha value is 0.350. The van der Waals surface area contributed by atoms with Crippen molar-refractivity contribution in [1.29, 1.82) is 0 Å². The van der Waals surface area contributed by atoms with Gasteiger partial charge in [-0.2, -0.15) is 11.8 Å². The number of thioether (sulfide) groups is 1. The van der Waals surface area contributed by atoms with Gasteiger partial charge in [0.05, 0.1) is 0 Å². The summed E-state index contributed by atoms with van der Waals surface area (Å²) in [6.45, 7) is 8.04. The van der Waals surface area contributed by atoms with Crippen LogP contribution >= 0.6 is 11.8 Å². The van der Waals surface area contributed by atoms with Crippen LogP contribution in [0, 0.1) is 6.92 Å². The molecule has 0 fully saturated rings. The normalized spacial score (nSPS) is 12.0. The zero-order chi connectivity index (χ0) is 5.21. The van der Waals surface area contributed by atoms with Gasteiger partial charge in [-0.25, -0.2) is 0 Å². The summed E-state index contributed by atoms with van der Waals surface area (Å²) in [6, 6.07) is 0. The van der Waals surface area contributed by atoms with Crippen molar-refractivity contribution < 1.29 is 0 Å². The first-order valence-corrected chi connectivity index (χ1v) is 3.19. The van der Waals surface area contributed by atoms with Crippen molar-refractivity contribution in [3.63, 3.8) is 0 Å². The molecule has 0 aromatic carbocycles. The third-order valence-corrected chi connectivity index (χ3v) is 1.66. The van der Waals surface area contributed by atoms with E-state index in [4.69, 9.17) is 0 Å². The maximum absolute atomic E-state index is 3.85. The lowest BCUT2D eigenvalue weighted by Crippen LogP contribution is -2.05. The Bertz CT molecular complexity index is 33.7. The van der Waals surface area contributed by atoms with E-state index in [1.807, 2.05) is 0 Å². The van der Waals surface area contributed by atoms with E-state index in [1.165, 1.54) is 0 Å². The van der Waals surface area contributed by atoms with Crippen molar-refractivity contribution in [2.24, 2.45) is 0 Å². The minimum Gasteiger partial charge on any atom is -0.159 e. The zero-order valence-corrected chi connectivity index (χ0v) is 5.43. The fraction of sp³-hybridized carbons (Fsp3) is 0.800. The molecule has 0 heterocycles. The molecule has 0 aliphatic heterocycles. The predicted octanol–water partition coefficient (Wildman–Crippen LogP) is 1.96. The summed E-state index contributed by atoms with van der Waals surface area (Å²) in [5.74, 6) is 0. The summed E-state index contributed by atoms with van der Waals surface area (Å²) in [7, 11) is 0. The molecule has 1 radical (unpaired) electrons. The lowest BCUT2D eigenvalue weighted by Gasteiger charge is -2.11. The average molecular weight is 103 g/mol. The molecule has 0 N–H and O–H groups in total. The molecule has 37 valence electrons. The average Bonchev–Trinajstić information content (AvgIpc) is 1.35. The van der Waals surface area contributed by atoms with Crippen molar-refractivity contribution in [2.45, 2.75) is 18.6 Å². The SMILES string of the molecule is [CH2]C(C)(C)SC. The van der Waals surface area contributed by atoms with E-state index in [9.17, 15) is 0 Å². The molecule has 0 aromatic rings. The monoisotopic (exact) mass is 103 g/mol. The largest absolute Gasteiger partial charge is 0.159 e. The fourth-order valence-corrected chi connectivity index (χ4v) is 0. The molecule has 0 saturated heterocycles. The summed E-state index contributed by atoms with van der Waals surface area (Å²) in [5, 5.41) is 0. The van der Waals surface area contributed by atoms with Crippen LogP contribution in [0.5, 0.6) is 0 Å². The van der Waals surface area contributed by atoms with Gasteiger partial charge in [0.25, 0.3) is 0 Å². The van der Waals surface area contributed by atoms with Crippen molar-refractivity contribution in [2.75, 3.05) is 6.26 Å². The summed E-state index contributed by atoms with van der Waals surface area (Å²) in [5.41, 5.74) is 0. The van der Waals surface area contributed by atoms with Crippen molar-refractivity contribution in [3.8, 4) is 0 Å². The summed E-state index contributed by atoms with van der Waals surface area (Å²) in [4.78, 5) is 0. The van der Waals surface area contributed by atoms with Gasteiger partial charge in [-0.3, -0.25) is 0 Å². The van der Waals surface area contributed by atoms with Crippen LogP contribution < -0.4 is 0 Å². The quantitative estimate of drug-likeness (QED) is 0.489. The van der Waals surface area contributed by atoms with Crippen LogP contribution in [0.1, 0.15) is 13.8 Å². The van der Waals surface area contributed by atoms with E-state index in [0.29, 0.717) is 0 Å². The van der Waals surface area contributed by atoms with E-state index in [1.54, 1.807) is 11.8 Å². The van der Waals surface area contributed by atoms with Crippen LogP contribution in [0.4, 0.5) is 0 Å². The van der Waals surface area contributed by atoms with Gasteiger partial charge in [0.2, 0.25) is 0 Å². The molecule has 0 aliphatic rings. The lowest BCUT2D eigenvalue weighted by atomic mass is 10.3. The molecular formula is C5H11S. The molecular weight excluding hydrogens is 92.1 g/mol. The van der Waals surface area contributed by atoms with E-state index < -0.39 is 0 Å². The second-order valence-corrected chi connectivity index (χ2v) is 3.48. The summed E-state index contributed by atoms with van der Waals surface area (Å²) in [6.07, 6.45) is 2.06. The Kier molecular flexibility index (Phi) is 1.98. The molecule has 6 heavy (non-hydrogen) atoms. The van der Waals surface area contributed by atoms with Gasteiger partial charge in [0.1, 0.15) is 0 Å². The molecule has 0 spiro atoms. The smallest absolute Gasteiger partial charge is 0.0101 e. The number of hydrogen-bond donors (Lipinski definition) is 0. The number of hydrogen-bond acceptors (Lipinski definition) is 1. The van der Waals surface area contributed by atoms with Crippen LogP contribution in [0.25, 0.3) is 0 Å². The molecule has 0 atom stereocenters. The van der Waals surface area contributed by atoms with Crippen LogP contribution in [-0.4, -0.2) is 11.0 Å². The first-order chi connectivity index (χ1) is 2.56. The van der Waals surface area contributed by atoms with Gasteiger partial charge in [-0.15, -0.1) is 0 Å². The highest BCUT2D eigenvalue weighted by Gasteiger charge is 2.04. The first-order valence-electron chi connectivity index (χ1n) is 1.97. The van der Waals surface area contributed by atoms with E-state index in [0.717, 1.165) is 0 Å². The molecule has 1 heteroatoms. The highest BCUT2D eigenvalue weighted by Crippen LogP contribution is 2.17. The molecule has 0 aliphatic carbocycles. The predicted molar refractivity (Wildman–Crippen MR) is 33.0 cm³/mol. The van der Waals surface area contributed by atoms with Crippen LogP contribution in [0.15, 0.2) is 0 Å². The van der Waals surface area contributed by atoms with Gasteiger partial charge >= 0.3 is 0 Å². The lowest BCUT2D eigenvalue weighted by molar-refractivity contribution is 0.898. The van der Waals surface area contributed by atoms with E-state index >= 15 is 0 Å². The molecule has 0 rings (SSSR count). The minimum atomic E-state index is 0.208. The number of rotatable bonds is 1. The topological polar surface area (TPSA) is 0 Å². The van der Waals surface area contributed by atoms with Crippen molar-refractivity contribution >= 4 is 11.8 Å². The van der Waals surface area contributed by atoms with Gasteiger partial charge in [0.15, 0.2) is 0 Å². The minimum absolute atomic E-state index is 0.208. The second-order valence-electron chi connectivity index (χ2n) is 1.96. The van der Waals surface area contributed by atoms with Crippen molar-refractivity contribution in [1.82, 2.24) is 0 Å². The van der Waals surface area contributed by atoms with Crippen molar-refractivity contribution in [3.05, 3.63) is 6.92 Å². The van der Waals surface area contributed by atoms with Gasteiger partial charge in [0, 0.05) is 4.75 Å². The first kappa shape index (κ1) is 6.35. The Balaban J connectivity index is 3.17. The summed E-state index contributed by atoms with van der Waals surface area (Å²) >= 11 is 1.77. The Morgan fingerprint density at radius 2 is 1.67 bits per heavy atom. The molecule has 0 bridgehead atoms. The van der Waals surface area contributed by atoms with Gasteiger partial charge in [-0.1, -0.05) is 13.8 Å². The van der Waals surface area contributed by atoms with E-state index in [-0.39, 0.29) is 4.75 Å². The van der Waals surface area contributed by atoms with Gasteiger partial charge in [-0.05, 0) is 13.2 Å². The van der Waals surface area contributed by atoms with Gasteiger partial charge < -0.3 is 0 Å². The molecule has 0 saturated carbocycles. The van der Waals surface area contributed by atoms with Crippen LogP contribution in [-0.2, 0) is 0 Å². The zero-order valence-electron chi connectivity index (χ0n) is 4.62. The Morgan fingerprint density at radius 1 is 1.50 bits per heavy atom. The third kappa shape index (κ3) is 4.35. The third-order valence-electron chi connectivity index (χ3n) is 0.553. The standard InChI is InChI=1S/C5H11S/c1-5(2,3)6-4/h1H2,2-4H3. The fourth-order valence-electron chi connectivity index (χ4n) is 0. The van der Waals surface area contributed by atoms with E-state index in [2.05, 4.69) is 27.0 Å². The molecule has 0 unspecified atom stereocenters. The maximum Gasteiger partial charge on any atom is 0.0101 e. The highest BCUT2D eigenvalue weighted by molar-refractivity contribution is 8.00. The van der Waals surface area contributed by atoms with Crippen LogP contribution in [0.3, 0.4) is 0 Å². The summed E-state index contributed by atoms with van der Waals surface area (Å²) < 4.78 is 0.208. The van der Waals surface area contributed by atoms with Crippen LogP contribution in [0.2, 0.25) is 0 Å². The molecule has 0 nitrogen and oxygen atoms in total. The molecule has 0 aromatic heterocycles. The maximum atomic E-state index is 3.85. The molecule has 0 amide bonds. The highest BCUT2D eigenvalue weighted by atomic mass is 32.2. The Labute approximate surface area is 44.3 Å².